The summed E-state index contributed by atoms with van der Waals surface area (Å²) in [5.74, 6) is 0.901. The smallest absolute Gasteiger partial charge is 0.120 e. The van der Waals surface area contributed by atoms with Gasteiger partial charge in [0.15, 0.2) is 0 Å². The van der Waals surface area contributed by atoms with E-state index in [1.165, 1.54) is 5.56 Å². The van der Waals surface area contributed by atoms with Crippen LogP contribution in [0, 0.1) is 0 Å². The molecule has 18 heavy (non-hydrogen) atoms. The minimum Gasteiger partial charge on any atom is -0.491 e. The van der Waals surface area contributed by atoms with Crippen molar-refractivity contribution in [3.8, 4) is 5.75 Å². The normalized spacial score (nSPS) is 12.7. The monoisotopic (exact) mass is 262 g/mol. The minimum absolute atomic E-state index is 0.118. The van der Waals surface area contributed by atoms with Crippen molar-refractivity contribution < 1.29 is 4.74 Å². The van der Waals surface area contributed by atoms with E-state index in [9.17, 15) is 0 Å². The first-order valence-electron chi connectivity index (χ1n) is 6.02. The van der Waals surface area contributed by atoms with Gasteiger partial charge in [0.05, 0.1) is 23.4 Å². The third-order valence-electron chi connectivity index (χ3n) is 2.60. The van der Waals surface area contributed by atoms with Gasteiger partial charge in [-0.1, -0.05) is 12.1 Å². The molecule has 0 saturated heterocycles. The number of ether oxygens (including phenoxy) is 1. The second kappa shape index (κ2) is 5.98. The molecule has 1 N–H and O–H groups in total. The number of benzene rings is 1. The first-order chi connectivity index (χ1) is 8.70. The molecule has 1 atom stereocenters. The van der Waals surface area contributed by atoms with Gasteiger partial charge in [0.2, 0.25) is 0 Å². The molecule has 96 valence electrons. The summed E-state index contributed by atoms with van der Waals surface area (Å²) in [6, 6.07) is 8.28. The molecule has 0 radical (unpaired) electrons. The van der Waals surface area contributed by atoms with E-state index < -0.39 is 0 Å². The second-order valence-electron chi connectivity index (χ2n) is 4.37. The summed E-state index contributed by atoms with van der Waals surface area (Å²) < 4.78 is 5.72. The third kappa shape index (κ3) is 3.09. The van der Waals surface area contributed by atoms with E-state index in [2.05, 4.69) is 27.8 Å². The molecule has 0 aliphatic heterocycles. The summed E-state index contributed by atoms with van der Waals surface area (Å²) in [5, 5.41) is 5.36. The molecule has 0 spiro atoms. The van der Waals surface area contributed by atoms with Crippen molar-refractivity contribution in [2.24, 2.45) is 0 Å². The van der Waals surface area contributed by atoms with Crippen LogP contribution in [-0.2, 0) is 0 Å². The Morgan fingerprint density at radius 2 is 2.17 bits per heavy atom. The van der Waals surface area contributed by atoms with E-state index in [-0.39, 0.29) is 12.1 Å². The van der Waals surface area contributed by atoms with Crippen molar-refractivity contribution in [1.29, 1.82) is 0 Å². The van der Waals surface area contributed by atoms with E-state index in [0.717, 1.165) is 11.4 Å². The molecule has 4 heteroatoms. The van der Waals surface area contributed by atoms with Crippen molar-refractivity contribution in [2.45, 2.75) is 26.0 Å². The SMILES string of the molecule is CNC(c1cccc(OC(C)C)c1)c1cscn1. The van der Waals surface area contributed by atoms with Crippen LogP contribution in [0.15, 0.2) is 35.2 Å². The number of thiazole rings is 1. The predicted molar refractivity (Wildman–Crippen MR) is 75.2 cm³/mol. The number of rotatable bonds is 5. The molecule has 2 aromatic rings. The highest BCUT2D eigenvalue weighted by Crippen LogP contribution is 2.25. The quantitative estimate of drug-likeness (QED) is 0.898. The summed E-state index contributed by atoms with van der Waals surface area (Å²) in [6.07, 6.45) is 0.188. The van der Waals surface area contributed by atoms with E-state index in [1.807, 2.05) is 38.5 Å². The van der Waals surface area contributed by atoms with Gasteiger partial charge in [-0.15, -0.1) is 11.3 Å². The zero-order chi connectivity index (χ0) is 13.0. The molecule has 1 aromatic carbocycles. The Hall–Kier alpha value is -1.39. The van der Waals surface area contributed by atoms with E-state index in [4.69, 9.17) is 4.74 Å². The molecular formula is C14H18N2OS. The lowest BCUT2D eigenvalue weighted by molar-refractivity contribution is 0.242. The van der Waals surface area contributed by atoms with Crippen LogP contribution in [0.1, 0.15) is 31.1 Å². The van der Waals surface area contributed by atoms with Crippen LogP contribution < -0.4 is 10.1 Å². The standard InChI is InChI=1S/C14H18N2OS/c1-10(2)17-12-6-4-5-11(7-12)14(15-3)13-8-18-9-16-13/h4-10,14-15H,1-3H3. The summed E-state index contributed by atoms with van der Waals surface area (Å²) in [5.41, 5.74) is 4.07. The van der Waals surface area contributed by atoms with Gasteiger partial charge in [0.25, 0.3) is 0 Å². The zero-order valence-corrected chi connectivity index (χ0v) is 11.7. The van der Waals surface area contributed by atoms with Crippen molar-refractivity contribution in [3.63, 3.8) is 0 Å². The maximum absolute atomic E-state index is 5.72. The Bertz CT molecular complexity index is 482. The molecule has 2 rings (SSSR count). The predicted octanol–water partition coefficient (Wildman–Crippen LogP) is 3.24. The second-order valence-corrected chi connectivity index (χ2v) is 5.09. The zero-order valence-electron chi connectivity index (χ0n) is 10.9. The number of hydrogen-bond acceptors (Lipinski definition) is 4. The van der Waals surface area contributed by atoms with E-state index in [0.29, 0.717) is 0 Å². The number of nitrogens with one attached hydrogen (secondary N) is 1. The van der Waals surface area contributed by atoms with Gasteiger partial charge in [-0.25, -0.2) is 4.98 Å². The highest BCUT2D eigenvalue weighted by Gasteiger charge is 2.14. The van der Waals surface area contributed by atoms with Gasteiger partial charge < -0.3 is 10.1 Å². The number of hydrogen-bond donors (Lipinski definition) is 1. The first-order valence-corrected chi connectivity index (χ1v) is 6.97. The molecule has 0 fully saturated rings. The molecular weight excluding hydrogens is 244 g/mol. The van der Waals surface area contributed by atoms with E-state index >= 15 is 0 Å². The van der Waals surface area contributed by atoms with Gasteiger partial charge in [0.1, 0.15) is 5.75 Å². The van der Waals surface area contributed by atoms with Crippen LogP contribution >= 0.6 is 11.3 Å². The summed E-state index contributed by atoms with van der Waals surface area (Å²) in [7, 11) is 1.94. The van der Waals surface area contributed by atoms with E-state index in [1.54, 1.807) is 11.3 Å². The lowest BCUT2D eigenvalue weighted by atomic mass is 10.0. The maximum atomic E-state index is 5.72. The molecule has 0 aliphatic rings. The maximum Gasteiger partial charge on any atom is 0.120 e. The molecule has 0 aliphatic carbocycles. The van der Waals surface area contributed by atoms with Gasteiger partial charge in [-0.3, -0.25) is 0 Å². The highest BCUT2D eigenvalue weighted by molar-refractivity contribution is 7.07. The van der Waals surface area contributed by atoms with Crippen LogP contribution in [0.2, 0.25) is 0 Å². The van der Waals surface area contributed by atoms with Crippen LogP contribution in [0.3, 0.4) is 0 Å². The topological polar surface area (TPSA) is 34.1 Å². The first kappa shape index (κ1) is 13.1. The molecule has 1 aromatic heterocycles. The fourth-order valence-corrected chi connectivity index (χ4v) is 2.47. The molecule has 0 bridgehead atoms. The fourth-order valence-electron chi connectivity index (χ4n) is 1.89. The van der Waals surface area contributed by atoms with Crippen molar-refractivity contribution in [2.75, 3.05) is 7.05 Å². The molecule has 1 heterocycles. The summed E-state index contributed by atoms with van der Waals surface area (Å²) in [6.45, 7) is 4.06. The fraction of sp³-hybridized carbons (Fsp3) is 0.357. The average molecular weight is 262 g/mol. The third-order valence-corrected chi connectivity index (χ3v) is 3.20. The van der Waals surface area contributed by atoms with Gasteiger partial charge in [-0.2, -0.15) is 0 Å². The van der Waals surface area contributed by atoms with Crippen LogP contribution in [0.5, 0.6) is 5.75 Å². The lowest BCUT2D eigenvalue weighted by Crippen LogP contribution is -2.18. The van der Waals surface area contributed by atoms with Crippen molar-refractivity contribution >= 4 is 11.3 Å². The van der Waals surface area contributed by atoms with Crippen LogP contribution in [-0.4, -0.2) is 18.1 Å². The highest BCUT2D eigenvalue weighted by atomic mass is 32.1. The van der Waals surface area contributed by atoms with Gasteiger partial charge in [0, 0.05) is 5.38 Å². The van der Waals surface area contributed by atoms with Crippen LogP contribution in [0.25, 0.3) is 0 Å². The Morgan fingerprint density at radius 1 is 1.33 bits per heavy atom. The number of nitrogens with zero attached hydrogens (tertiary/aromatic N) is 1. The van der Waals surface area contributed by atoms with Gasteiger partial charge in [-0.05, 0) is 38.6 Å². The lowest BCUT2D eigenvalue weighted by Gasteiger charge is -2.16. The van der Waals surface area contributed by atoms with Gasteiger partial charge >= 0.3 is 0 Å². The Morgan fingerprint density at radius 3 is 2.78 bits per heavy atom. The molecule has 0 saturated carbocycles. The Kier molecular flexibility index (Phi) is 4.33. The minimum atomic E-state index is 0.118. The van der Waals surface area contributed by atoms with Crippen molar-refractivity contribution in [3.05, 3.63) is 46.4 Å². The summed E-state index contributed by atoms with van der Waals surface area (Å²) in [4.78, 5) is 4.37. The summed E-state index contributed by atoms with van der Waals surface area (Å²) >= 11 is 1.61. The Labute approximate surface area is 112 Å². The number of aromatic nitrogens is 1. The Balaban J connectivity index is 2.26. The average Bonchev–Trinajstić information content (AvgIpc) is 2.83. The largest absolute Gasteiger partial charge is 0.491 e. The molecule has 0 amide bonds. The van der Waals surface area contributed by atoms with Crippen LogP contribution in [0.4, 0.5) is 0 Å². The molecule has 3 nitrogen and oxygen atoms in total. The van der Waals surface area contributed by atoms with Crippen molar-refractivity contribution in [1.82, 2.24) is 10.3 Å². The molecule has 1 unspecified atom stereocenters.